The average molecular weight is 285 g/mol. The van der Waals surface area contributed by atoms with Gasteiger partial charge in [0.05, 0.1) is 4.90 Å². The molecule has 0 radical (unpaired) electrons. The number of aliphatic hydroxyl groups excluding tert-OH is 1. The summed E-state index contributed by atoms with van der Waals surface area (Å²) >= 11 is 0. The molecule has 106 valence electrons. The van der Waals surface area contributed by atoms with Crippen LogP contribution < -0.4 is 5.32 Å². The van der Waals surface area contributed by atoms with Crippen molar-refractivity contribution in [2.24, 2.45) is 0 Å². The van der Waals surface area contributed by atoms with Crippen molar-refractivity contribution in [1.29, 1.82) is 0 Å². The van der Waals surface area contributed by atoms with Gasteiger partial charge in [0.1, 0.15) is 0 Å². The normalized spacial score (nSPS) is 11.3. The highest BCUT2D eigenvalue weighted by Gasteiger charge is 2.09. The molecule has 0 aliphatic rings. The first kappa shape index (κ1) is 15.7. The van der Waals surface area contributed by atoms with Crippen LogP contribution in [0.3, 0.4) is 0 Å². The molecule has 2 N–H and O–H groups in total. The molecular formula is C13H19NO4S. The predicted octanol–water partition coefficient (Wildman–Crippen LogP) is 0.982. The number of unbranched alkanes of at least 4 members (excludes halogenated alkanes) is 2. The number of hydrogen-bond acceptors (Lipinski definition) is 4. The molecule has 0 saturated carbocycles. The maximum absolute atomic E-state index is 11.7. The maximum Gasteiger partial charge on any atom is 0.251 e. The van der Waals surface area contributed by atoms with E-state index in [0.29, 0.717) is 12.1 Å². The number of rotatable bonds is 7. The lowest BCUT2D eigenvalue weighted by molar-refractivity contribution is 0.0952. The Morgan fingerprint density at radius 1 is 1.16 bits per heavy atom. The zero-order valence-electron chi connectivity index (χ0n) is 10.9. The Kier molecular flexibility index (Phi) is 5.98. The first-order chi connectivity index (χ1) is 8.95. The largest absolute Gasteiger partial charge is 0.396 e. The minimum absolute atomic E-state index is 0.168. The minimum atomic E-state index is -3.23. The lowest BCUT2D eigenvalue weighted by Gasteiger charge is -2.05. The third-order valence-electron chi connectivity index (χ3n) is 2.67. The van der Waals surface area contributed by atoms with Gasteiger partial charge in [-0.05, 0) is 43.5 Å². The van der Waals surface area contributed by atoms with E-state index in [1.807, 2.05) is 0 Å². The van der Waals surface area contributed by atoms with E-state index in [4.69, 9.17) is 5.11 Å². The van der Waals surface area contributed by atoms with Crippen molar-refractivity contribution in [2.75, 3.05) is 19.4 Å². The van der Waals surface area contributed by atoms with Crippen molar-refractivity contribution in [3.05, 3.63) is 29.8 Å². The molecule has 0 spiro atoms. The summed E-state index contributed by atoms with van der Waals surface area (Å²) in [6, 6.07) is 5.85. The molecule has 0 bridgehead atoms. The summed E-state index contributed by atoms with van der Waals surface area (Å²) < 4.78 is 22.5. The van der Waals surface area contributed by atoms with Gasteiger partial charge in [-0.25, -0.2) is 8.42 Å². The van der Waals surface area contributed by atoms with E-state index in [1.165, 1.54) is 24.3 Å². The summed E-state index contributed by atoms with van der Waals surface area (Å²) in [7, 11) is -3.23. The smallest absolute Gasteiger partial charge is 0.251 e. The second-order valence-corrected chi connectivity index (χ2v) is 6.35. The van der Waals surface area contributed by atoms with Crippen LogP contribution in [0.2, 0.25) is 0 Å². The molecule has 0 fully saturated rings. The van der Waals surface area contributed by atoms with Gasteiger partial charge in [-0.15, -0.1) is 0 Å². The van der Waals surface area contributed by atoms with Crippen LogP contribution in [0.4, 0.5) is 0 Å². The fourth-order valence-electron chi connectivity index (χ4n) is 1.57. The number of amides is 1. The van der Waals surface area contributed by atoms with E-state index in [1.54, 1.807) is 0 Å². The van der Waals surface area contributed by atoms with Gasteiger partial charge in [-0.1, -0.05) is 0 Å². The lowest BCUT2D eigenvalue weighted by atomic mass is 10.2. The number of carbonyl (C=O) groups excluding carboxylic acids is 1. The maximum atomic E-state index is 11.7. The highest BCUT2D eigenvalue weighted by molar-refractivity contribution is 7.90. The van der Waals surface area contributed by atoms with Gasteiger partial charge < -0.3 is 10.4 Å². The zero-order valence-corrected chi connectivity index (χ0v) is 11.7. The van der Waals surface area contributed by atoms with E-state index in [2.05, 4.69) is 5.32 Å². The van der Waals surface area contributed by atoms with Crippen LogP contribution in [-0.2, 0) is 9.84 Å². The molecule has 1 aromatic rings. The SMILES string of the molecule is CS(=O)(=O)c1ccc(C(=O)NCCCCCO)cc1. The van der Waals surface area contributed by atoms with Crippen LogP contribution in [0.25, 0.3) is 0 Å². The number of benzene rings is 1. The predicted molar refractivity (Wildman–Crippen MR) is 72.8 cm³/mol. The van der Waals surface area contributed by atoms with Gasteiger partial charge in [0.25, 0.3) is 5.91 Å². The Hall–Kier alpha value is -1.40. The quantitative estimate of drug-likeness (QED) is 0.732. The Labute approximate surface area is 113 Å². The van der Waals surface area contributed by atoms with Crippen LogP contribution in [0, 0.1) is 0 Å². The number of aliphatic hydroxyl groups is 1. The van der Waals surface area contributed by atoms with Crippen molar-refractivity contribution in [3.8, 4) is 0 Å². The first-order valence-electron chi connectivity index (χ1n) is 6.14. The Balaban J connectivity index is 2.50. The zero-order chi connectivity index (χ0) is 14.3. The summed E-state index contributed by atoms with van der Waals surface area (Å²) in [5.41, 5.74) is 0.439. The fourth-order valence-corrected chi connectivity index (χ4v) is 2.20. The van der Waals surface area contributed by atoms with Crippen molar-refractivity contribution < 1.29 is 18.3 Å². The van der Waals surface area contributed by atoms with Crippen LogP contribution >= 0.6 is 0 Å². The van der Waals surface area contributed by atoms with Gasteiger partial charge >= 0.3 is 0 Å². The first-order valence-corrected chi connectivity index (χ1v) is 8.03. The van der Waals surface area contributed by atoms with Crippen molar-refractivity contribution in [1.82, 2.24) is 5.32 Å². The lowest BCUT2D eigenvalue weighted by Crippen LogP contribution is -2.24. The standard InChI is InChI=1S/C13H19NO4S/c1-19(17,18)12-7-5-11(6-8-12)13(16)14-9-3-2-4-10-15/h5-8,15H,2-4,9-10H2,1H3,(H,14,16). The molecule has 0 atom stereocenters. The van der Waals surface area contributed by atoms with Crippen molar-refractivity contribution >= 4 is 15.7 Å². The molecule has 0 aliphatic heterocycles. The van der Waals surface area contributed by atoms with Crippen LogP contribution in [0.1, 0.15) is 29.6 Å². The van der Waals surface area contributed by atoms with Gasteiger partial charge in [0, 0.05) is 25.0 Å². The minimum Gasteiger partial charge on any atom is -0.396 e. The van der Waals surface area contributed by atoms with Gasteiger partial charge in [-0.3, -0.25) is 4.79 Å². The molecule has 19 heavy (non-hydrogen) atoms. The summed E-state index contributed by atoms with van der Waals surface area (Å²) in [6.07, 6.45) is 3.54. The summed E-state index contributed by atoms with van der Waals surface area (Å²) in [5.74, 6) is -0.218. The molecule has 1 aromatic carbocycles. The molecule has 0 heterocycles. The summed E-state index contributed by atoms with van der Waals surface area (Å²) in [4.78, 5) is 11.9. The van der Waals surface area contributed by atoms with Gasteiger partial charge in [0.2, 0.25) is 0 Å². The van der Waals surface area contributed by atoms with E-state index in [9.17, 15) is 13.2 Å². The Morgan fingerprint density at radius 3 is 2.32 bits per heavy atom. The number of carbonyl (C=O) groups is 1. The summed E-state index contributed by atoms with van der Waals surface area (Å²) in [6.45, 7) is 0.716. The molecule has 6 heteroatoms. The molecule has 0 aromatic heterocycles. The number of hydrogen-bond donors (Lipinski definition) is 2. The molecule has 0 saturated heterocycles. The molecule has 1 rings (SSSR count). The third-order valence-corrected chi connectivity index (χ3v) is 3.79. The Bertz CT molecular complexity index is 508. The van der Waals surface area contributed by atoms with Crippen LogP contribution in [-0.4, -0.2) is 38.8 Å². The number of sulfone groups is 1. The molecule has 5 nitrogen and oxygen atoms in total. The van der Waals surface area contributed by atoms with Gasteiger partial charge in [-0.2, -0.15) is 0 Å². The molecule has 0 aliphatic carbocycles. The highest BCUT2D eigenvalue weighted by atomic mass is 32.2. The van der Waals surface area contributed by atoms with E-state index < -0.39 is 9.84 Å². The van der Waals surface area contributed by atoms with E-state index in [0.717, 1.165) is 25.5 Å². The number of nitrogens with one attached hydrogen (secondary N) is 1. The second kappa shape index (κ2) is 7.25. The highest BCUT2D eigenvalue weighted by Crippen LogP contribution is 2.10. The monoisotopic (exact) mass is 285 g/mol. The Morgan fingerprint density at radius 2 is 1.79 bits per heavy atom. The van der Waals surface area contributed by atoms with Crippen molar-refractivity contribution in [2.45, 2.75) is 24.2 Å². The van der Waals surface area contributed by atoms with E-state index >= 15 is 0 Å². The molecule has 1 amide bonds. The van der Waals surface area contributed by atoms with Crippen LogP contribution in [0.15, 0.2) is 29.2 Å². The van der Waals surface area contributed by atoms with E-state index in [-0.39, 0.29) is 17.4 Å². The molecular weight excluding hydrogens is 266 g/mol. The van der Waals surface area contributed by atoms with Gasteiger partial charge in [0.15, 0.2) is 9.84 Å². The second-order valence-electron chi connectivity index (χ2n) is 4.34. The van der Waals surface area contributed by atoms with Crippen molar-refractivity contribution in [3.63, 3.8) is 0 Å². The fraction of sp³-hybridized carbons (Fsp3) is 0.462. The molecule has 0 unspecified atom stereocenters. The summed E-state index contributed by atoms with van der Waals surface area (Å²) in [5, 5.41) is 11.4. The van der Waals surface area contributed by atoms with Crippen LogP contribution in [0.5, 0.6) is 0 Å². The average Bonchev–Trinajstić information content (AvgIpc) is 2.37. The topological polar surface area (TPSA) is 83.5 Å². The third kappa shape index (κ3) is 5.40.